The van der Waals surface area contributed by atoms with Gasteiger partial charge in [-0.1, -0.05) is 18.9 Å². The number of rotatable bonds is 4. The first-order chi connectivity index (χ1) is 12.2. The maximum atomic E-state index is 12.6. The van der Waals surface area contributed by atoms with E-state index in [2.05, 4.69) is 10.2 Å². The first kappa shape index (κ1) is 18.3. The van der Waals surface area contributed by atoms with Gasteiger partial charge in [-0.15, -0.1) is 0 Å². The molecule has 0 radical (unpaired) electrons. The molecule has 136 valence electrons. The molecule has 6 heteroatoms. The number of nitrogens with one attached hydrogen (secondary N) is 1. The van der Waals surface area contributed by atoms with E-state index in [1.165, 1.54) is 25.7 Å². The lowest BCUT2D eigenvalue weighted by Crippen LogP contribution is -2.38. The number of carbonyl (C=O) groups is 2. The molecular weight excluding hydrogens is 334 g/mol. The van der Waals surface area contributed by atoms with Gasteiger partial charge in [-0.3, -0.25) is 14.5 Å². The Labute approximate surface area is 154 Å². The topological polar surface area (TPSA) is 52.7 Å². The van der Waals surface area contributed by atoms with E-state index in [0.717, 1.165) is 37.7 Å². The normalized spacial score (nSPS) is 19.3. The Balaban J connectivity index is 1.57. The number of carbonyl (C=O) groups excluding carboxylic acids is 2. The Morgan fingerprint density at radius 1 is 1.00 bits per heavy atom. The van der Waals surface area contributed by atoms with Crippen LogP contribution in [0.1, 0.15) is 36.0 Å². The Morgan fingerprint density at radius 2 is 1.72 bits per heavy atom. The fourth-order valence-corrected chi connectivity index (χ4v) is 4.28. The first-order valence-corrected chi connectivity index (χ1v) is 10.4. The van der Waals surface area contributed by atoms with E-state index in [9.17, 15) is 9.59 Å². The number of benzene rings is 1. The highest BCUT2D eigenvalue weighted by Crippen LogP contribution is 2.16. The van der Waals surface area contributed by atoms with E-state index in [4.69, 9.17) is 0 Å². The number of thioether (sulfide) groups is 1. The molecule has 2 aliphatic rings. The number of nitrogens with zero attached hydrogens (tertiary/aromatic N) is 2. The third-order valence-corrected chi connectivity index (χ3v) is 5.70. The number of likely N-dealkylation sites (tertiary alicyclic amines) is 1. The predicted octanol–water partition coefficient (Wildman–Crippen LogP) is 2.69. The summed E-state index contributed by atoms with van der Waals surface area (Å²) in [6, 6.07) is 7.32. The summed E-state index contributed by atoms with van der Waals surface area (Å²) in [7, 11) is 0. The summed E-state index contributed by atoms with van der Waals surface area (Å²) >= 11 is 1.89. The predicted molar refractivity (Wildman–Crippen MR) is 103 cm³/mol. The summed E-state index contributed by atoms with van der Waals surface area (Å²) in [6.07, 6.45) is 4.87. The lowest BCUT2D eigenvalue weighted by atomic mass is 10.1. The van der Waals surface area contributed by atoms with E-state index in [0.29, 0.717) is 17.8 Å². The Morgan fingerprint density at radius 3 is 2.44 bits per heavy atom. The first-order valence-electron chi connectivity index (χ1n) is 9.22. The van der Waals surface area contributed by atoms with E-state index in [1.54, 1.807) is 6.07 Å². The maximum absolute atomic E-state index is 12.6. The van der Waals surface area contributed by atoms with Crippen molar-refractivity contribution in [1.29, 1.82) is 0 Å². The molecule has 2 fully saturated rings. The Bertz CT molecular complexity index is 594. The molecule has 2 amide bonds. The van der Waals surface area contributed by atoms with E-state index in [1.807, 2.05) is 34.9 Å². The van der Waals surface area contributed by atoms with Crippen LogP contribution in [0.5, 0.6) is 0 Å². The molecule has 25 heavy (non-hydrogen) atoms. The minimum absolute atomic E-state index is 0.000807. The monoisotopic (exact) mass is 361 g/mol. The molecule has 2 heterocycles. The summed E-state index contributed by atoms with van der Waals surface area (Å²) in [5, 5.41) is 2.95. The largest absolute Gasteiger partial charge is 0.337 e. The molecule has 0 bridgehead atoms. The van der Waals surface area contributed by atoms with Gasteiger partial charge in [0.25, 0.3) is 5.91 Å². The van der Waals surface area contributed by atoms with Crippen molar-refractivity contribution in [1.82, 2.24) is 9.80 Å². The molecule has 0 spiro atoms. The fraction of sp³-hybridized carbons (Fsp3) is 0.579. The zero-order valence-electron chi connectivity index (χ0n) is 14.7. The third-order valence-electron chi connectivity index (χ3n) is 4.76. The second kappa shape index (κ2) is 9.25. The van der Waals surface area contributed by atoms with Gasteiger partial charge in [0.15, 0.2) is 0 Å². The van der Waals surface area contributed by atoms with Crippen molar-refractivity contribution in [3.63, 3.8) is 0 Å². The van der Waals surface area contributed by atoms with Gasteiger partial charge in [0.05, 0.1) is 6.54 Å². The number of hydrogen-bond acceptors (Lipinski definition) is 4. The maximum Gasteiger partial charge on any atom is 0.253 e. The van der Waals surface area contributed by atoms with Gasteiger partial charge in [-0.25, -0.2) is 0 Å². The zero-order chi connectivity index (χ0) is 17.5. The Hall–Kier alpha value is -1.53. The van der Waals surface area contributed by atoms with Gasteiger partial charge in [0.2, 0.25) is 5.91 Å². The summed E-state index contributed by atoms with van der Waals surface area (Å²) in [6.45, 7) is 4.03. The summed E-state index contributed by atoms with van der Waals surface area (Å²) < 4.78 is 0. The van der Waals surface area contributed by atoms with Gasteiger partial charge < -0.3 is 10.2 Å². The molecule has 0 saturated carbocycles. The van der Waals surface area contributed by atoms with Crippen molar-refractivity contribution in [3.8, 4) is 0 Å². The lowest BCUT2D eigenvalue weighted by molar-refractivity contribution is -0.117. The van der Waals surface area contributed by atoms with Crippen LogP contribution >= 0.6 is 11.8 Å². The standard InChI is InChI=1S/C19H27N3O2S/c23-18(15-21-8-3-1-2-4-9-21)20-17-7-5-6-16(14-17)19(24)22-10-12-25-13-11-22/h5-7,14H,1-4,8-13,15H2,(H,20,23). The highest BCUT2D eigenvalue weighted by atomic mass is 32.2. The third kappa shape index (κ3) is 5.47. The van der Waals surface area contributed by atoms with Crippen LogP contribution in [0.25, 0.3) is 0 Å². The van der Waals surface area contributed by atoms with Crippen molar-refractivity contribution < 1.29 is 9.59 Å². The van der Waals surface area contributed by atoms with Crippen LogP contribution in [-0.4, -0.2) is 65.8 Å². The molecule has 3 rings (SSSR count). The number of hydrogen-bond donors (Lipinski definition) is 1. The van der Waals surface area contributed by atoms with E-state index in [-0.39, 0.29) is 11.8 Å². The zero-order valence-corrected chi connectivity index (χ0v) is 15.5. The highest BCUT2D eigenvalue weighted by Gasteiger charge is 2.19. The van der Waals surface area contributed by atoms with Gasteiger partial charge >= 0.3 is 0 Å². The molecular formula is C19H27N3O2S. The molecule has 1 aromatic rings. The average Bonchev–Trinajstić information content (AvgIpc) is 2.90. The van der Waals surface area contributed by atoms with Gasteiger partial charge in [-0.05, 0) is 44.1 Å². The summed E-state index contributed by atoms with van der Waals surface area (Å²) in [4.78, 5) is 29.0. The molecule has 1 aromatic carbocycles. The summed E-state index contributed by atoms with van der Waals surface area (Å²) in [5.41, 5.74) is 1.36. The van der Waals surface area contributed by atoms with Crippen molar-refractivity contribution in [3.05, 3.63) is 29.8 Å². The van der Waals surface area contributed by atoms with Crippen LogP contribution in [0, 0.1) is 0 Å². The van der Waals surface area contributed by atoms with Crippen molar-refractivity contribution in [2.24, 2.45) is 0 Å². The van der Waals surface area contributed by atoms with Gasteiger partial charge in [0, 0.05) is 35.8 Å². The van der Waals surface area contributed by atoms with E-state index >= 15 is 0 Å². The molecule has 2 saturated heterocycles. The molecule has 0 atom stereocenters. The van der Waals surface area contributed by atoms with Crippen molar-refractivity contribution >= 4 is 29.3 Å². The van der Waals surface area contributed by atoms with Crippen LogP contribution in [0.4, 0.5) is 5.69 Å². The van der Waals surface area contributed by atoms with E-state index < -0.39 is 0 Å². The average molecular weight is 362 g/mol. The smallest absolute Gasteiger partial charge is 0.253 e. The SMILES string of the molecule is O=C(CN1CCCCCC1)Nc1cccc(C(=O)N2CCSCC2)c1. The minimum Gasteiger partial charge on any atom is -0.337 e. The van der Waals surface area contributed by atoms with Crippen molar-refractivity contribution in [2.45, 2.75) is 25.7 Å². The van der Waals surface area contributed by atoms with Crippen LogP contribution in [0.15, 0.2) is 24.3 Å². The molecule has 0 aliphatic carbocycles. The number of amides is 2. The second-order valence-corrected chi connectivity index (χ2v) is 7.95. The van der Waals surface area contributed by atoms with Crippen molar-refractivity contribution in [2.75, 3.05) is 49.5 Å². The number of anilines is 1. The minimum atomic E-state index is 0.000807. The summed E-state index contributed by atoms with van der Waals surface area (Å²) in [5.74, 6) is 2.06. The van der Waals surface area contributed by atoms with Crippen LogP contribution in [0.2, 0.25) is 0 Å². The quantitative estimate of drug-likeness (QED) is 0.896. The molecule has 5 nitrogen and oxygen atoms in total. The molecule has 2 aliphatic heterocycles. The van der Waals surface area contributed by atoms with Crippen LogP contribution in [0.3, 0.4) is 0 Å². The Kier molecular flexibility index (Phi) is 6.76. The van der Waals surface area contributed by atoms with Crippen LogP contribution in [-0.2, 0) is 4.79 Å². The second-order valence-electron chi connectivity index (χ2n) is 6.72. The molecule has 0 unspecified atom stereocenters. The van der Waals surface area contributed by atoms with Crippen LogP contribution < -0.4 is 5.32 Å². The van der Waals surface area contributed by atoms with Gasteiger partial charge in [0.1, 0.15) is 0 Å². The fourth-order valence-electron chi connectivity index (χ4n) is 3.38. The highest BCUT2D eigenvalue weighted by molar-refractivity contribution is 7.99. The molecule has 0 aromatic heterocycles. The molecule has 1 N–H and O–H groups in total. The van der Waals surface area contributed by atoms with Gasteiger partial charge in [-0.2, -0.15) is 11.8 Å². The lowest BCUT2D eigenvalue weighted by Gasteiger charge is -2.26.